The Morgan fingerprint density at radius 2 is 1.77 bits per heavy atom. The van der Waals surface area contributed by atoms with Crippen molar-refractivity contribution in [3.8, 4) is 0 Å². The summed E-state index contributed by atoms with van der Waals surface area (Å²) >= 11 is 8.70. The lowest BCUT2D eigenvalue weighted by molar-refractivity contribution is -0.119. The molecule has 1 aliphatic rings. The van der Waals surface area contributed by atoms with Gasteiger partial charge in [0.2, 0.25) is 5.91 Å². The predicted octanol–water partition coefficient (Wildman–Crippen LogP) is 4.35. The minimum atomic E-state index is -0.497. The lowest BCUT2D eigenvalue weighted by Gasteiger charge is -2.35. The van der Waals surface area contributed by atoms with E-state index in [9.17, 15) is 4.79 Å². The van der Waals surface area contributed by atoms with Crippen LogP contribution in [0.5, 0.6) is 0 Å². The normalized spacial score (nSPS) is 19.5. The average Bonchev–Trinajstić information content (AvgIpc) is 2.53. The number of hydrogen-bond donors (Lipinski definition) is 3. The fraction of sp³-hybridized carbons (Fsp3) is 0.200. The molecule has 1 heterocycles. The largest absolute Gasteiger partial charge is 0.354 e. The lowest BCUT2D eigenvalue weighted by Crippen LogP contribution is -2.51. The van der Waals surface area contributed by atoms with E-state index in [0.29, 0.717) is 10.8 Å². The fourth-order valence-electron chi connectivity index (χ4n) is 3.21. The number of hydrogen-bond acceptors (Lipinski definition) is 2. The van der Waals surface area contributed by atoms with Gasteiger partial charge in [-0.3, -0.25) is 4.79 Å². The van der Waals surface area contributed by atoms with E-state index in [4.69, 9.17) is 12.2 Å². The van der Waals surface area contributed by atoms with E-state index in [1.54, 1.807) is 0 Å². The molecular formula is C20H20BrN3OS. The molecule has 0 bridgehead atoms. The van der Waals surface area contributed by atoms with E-state index < -0.39 is 5.92 Å². The van der Waals surface area contributed by atoms with Crippen LogP contribution in [0.15, 0.2) is 59.2 Å². The van der Waals surface area contributed by atoms with Gasteiger partial charge < -0.3 is 16.0 Å². The Labute approximate surface area is 167 Å². The third-order valence-corrected chi connectivity index (χ3v) is 5.02. The molecule has 1 fully saturated rings. The van der Waals surface area contributed by atoms with Crippen molar-refractivity contribution in [3.05, 3.63) is 75.9 Å². The highest BCUT2D eigenvalue weighted by Crippen LogP contribution is 2.31. The second kappa shape index (κ2) is 7.60. The van der Waals surface area contributed by atoms with E-state index >= 15 is 0 Å². The summed E-state index contributed by atoms with van der Waals surface area (Å²) in [5.74, 6) is -0.626. The van der Waals surface area contributed by atoms with Gasteiger partial charge in [-0.05, 0) is 67.0 Å². The van der Waals surface area contributed by atoms with Gasteiger partial charge in [0.1, 0.15) is 5.92 Å². The second-order valence-electron chi connectivity index (χ2n) is 6.50. The fourth-order valence-corrected chi connectivity index (χ4v) is 3.73. The first kappa shape index (κ1) is 18.6. The number of halogens is 1. The Balaban J connectivity index is 1.90. The van der Waals surface area contributed by atoms with Gasteiger partial charge in [0.05, 0.1) is 6.04 Å². The van der Waals surface area contributed by atoms with Gasteiger partial charge >= 0.3 is 0 Å². The number of nitrogens with one attached hydrogen (secondary N) is 3. The quantitative estimate of drug-likeness (QED) is 0.634. The average molecular weight is 430 g/mol. The van der Waals surface area contributed by atoms with Gasteiger partial charge in [-0.15, -0.1) is 0 Å². The number of amides is 1. The molecule has 3 rings (SSSR count). The van der Waals surface area contributed by atoms with E-state index in [0.717, 1.165) is 26.9 Å². The van der Waals surface area contributed by atoms with Crippen LogP contribution in [0.3, 0.4) is 0 Å². The van der Waals surface area contributed by atoms with Crippen molar-refractivity contribution in [2.24, 2.45) is 5.92 Å². The summed E-state index contributed by atoms with van der Waals surface area (Å²) in [6, 6.07) is 13.5. The number of benzene rings is 2. The van der Waals surface area contributed by atoms with Crippen LogP contribution in [0.25, 0.3) is 0 Å². The lowest BCUT2D eigenvalue weighted by atomic mass is 9.88. The molecule has 0 aromatic heterocycles. The molecule has 1 saturated heterocycles. The number of carbonyl (C=O) groups is 1. The third-order valence-electron chi connectivity index (χ3n) is 4.27. The number of rotatable bonds is 3. The predicted molar refractivity (Wildman–Crippen MR) is 113 cm³/mol. The molecule has 1 aliphatic heterocycles. The first-order chi connectivity index (χ1) is 12.3. The Bertz CT molecular complexity index is 859. The van der Waals surface area contributed by atoms with Gasteiger partial charge in [-0.2, -0.15) is 0 Å². The molecule has 134 valence electrons. The van der Waals surface area contributed by atoms with Crippen molar-refractivity contribution >= 4 is 44.9 Å². The van der Waals surface area contributed by atoms with Gasteiger partial charge in [0, 0.05) is 15.9 Å². The molecule has 26 heavy (non-hydrogen) atoms. The molecule has 6 heteroatoms. The van der Waals surface area contributed by atoms with Crippen molar-refractivity contribution in [1.29, 1.82) is 0 Å². The second-order valence-corrected chi connectivity index (χ2v) is 7.82. The third kappa shape index (κ3) is 4.14. The Hall–Kier alpha value is -2.18. The maximum absolute atomic E-state index is 13.1. The summed E-state index contributed by atoms with van der Waals surface area (Å²) in [5.41, 5.74) is 4.54. The summed E-state index contributed by atoms with van der Waals surface area (Å²) < 4.78 is 0.979. The molecule has 2 aromatic rings. The molecule has 4 nitrogen and oxygen atoms in total. The maximum Gasteiger partial charge on any atom is 0.235 e. The monoisotopic (exact) mass is 429 g/mol. The van der Waals surface area contributed by atoms with Crippen LogP contribution >= 0.6 is 28.1 Å². The minimum Gasteiger partial charge on any atom is -0.354 e. The number of carbonyl (C=O) groups excluding carboxylic acids is 1. The summed E-state index contributed by atoms with van der Waals surface area (Å²) in [7, 11) is 0. The van der Waals surface area contributed by atoms with E-state index in [-0.39, 0.29) is 11.9 Å². The zero-order valence-corrected chi connectivity index (χ0v) is 17.0. The molecule has 2 atom stereocenters. The molecule has 1 amide bonds. The summed E-state index contributed by atoms with van der Waals surface area (Å²) in [5, 5.41) is 9.68. The van der Waals surface area contributed by atoms with Crippen LogP contribution in [0.4, 0.5) is 5.69 Å². The van der Waals surface area contributed by atoms with Crippen LogP contribution in [-0.2, 0) is 4.79 Å². The SMILES string of the molecule is C=C1NC(=S)N[C@H](c2ccc(Br)cc2)[C@@H]1C(=O)Nc1cc(C)cc(C)c1. The van der Waals surface area contributed by atoms with Gasteiger partial charge in [-0.1, -0.05) is 40.7 Å². The summed E-state index contributed by atoms with van der Waals surface area (Å²) in [4.78, 5) is 13.1. The zero-order chi connectivity index (χ0) is 18.8. The highest BCUT2D eigenvalue weighted by atomic mass is 79.9. The summed E-state index contributed by atoms with van der Waals surface area (Å²) in [6.07, 6.45) is 0. The van der Waals surface area contributed by atoms with Crippen molar-refractivity contribution in [3.63, 3.8) is 0 Å². The molecule has 0 saturated carbocycles. The first-order valence-electron chi connectivity index (χ1n) is 8.24. The topological polar surface area (TPSA) is 53.2 Å². The highest BCUT2D eigenvalue weighted by Gasteiger charge is 2.36. The Morgan fingerprint density at radius 3 is 2.38 bits per heavy atom. The van der Waals surface area contributed by atoms with E-state index in [1.807, 2.05) is 50.2 Å². The molecule has 0 unspecified atom stereocenters. The van der Waals surface area contributed by atoms with Crippen LogP contribution in [0, 0.1) is 19.8 Å². The molecule has 0 radical (unpaired) electrons. The van der Waals surface area contributed by atoms with Crippen LogP contribution in [0.2, 0.25) is 0 Å². The number of thiocarbonyl (C=S) groups is 1. The van der Waals surface area contributed by atoms with Crippen molar-refractivity contribution < 1.29 is 4.79 Å². The number of anilines is 1. The standard InChI is InChI=1S/C20H20BrN3OS/c1-11-8-12(2)10-16(9-11)23-19(25)17-13(3)22-20(26)24-18(17)14-4-6-15(21)7-5-14/h4-10,17-18H,3H2,1-2H3,(H,23,25)(H2,22,24,26)/t17-,18-/m1/s1. The van der Waals surface area contributed by atoms with Gasteiger partial charge in [-0.25, -0.2) is 0 Å². The zero-order valence-electron chi connectivity index (χ0n) is 14.6. The minimum absolute atomic E-state index is 0.129. The van der Waals surface area contributed by atoms with Crippen LogP contribution < -0.4 is 16.0 Å². The molecular weight excluding hydrogens is 410 g/mol. The molecule has 2 aromatic carbocycles. The van der Waals surface area contributed by atoms with Crippen LogP contribution in [0.1, 0.15) is 22.7 Å². The van der Waals surface area contributed by atoms with E-state index in [1.165, 1.54) is 0 Å². The van der Waals surface area contributed by atoms with E-state index in [2.05, 4.69) is 44.5 Å². The first-order valence-corrected chi connectivity index (χ1v) is 9.44. The van der Waals surface area contributed by atoms with Crippen LogP contribution in [-0.4, -0.2) is 11.0 Å². The van der Waals surface area contributed by atoms with Crippen molar-refractivity contribution in [2.45, 2.75) is 19.9 Å². The maximum atomic E-state index is 13.1. The molecule has 3 N–H and O–H groups in total. The smallest absolute Gasteiger partial charge is 0.235 e. The number of aryl methyl sites for hydroxylation is 2. The Kier molecular flexibility index (Phi) is 5.44. The van der Waals surface area contributed by atoms with Crippen molar-refractivity contribution in [1.82, 2.24) is 10.6 Å². The van der Waals surface area contributed by atoms with Gasteiger partial charge in [0.15, 0.2) is 5.11 Å². The molecule has 0 aliphatic carbocycles. The summed E-state index contributed by atoms with van der Waals surface area (Å²) in [6.45, 7) is 8.05. The molecule has 0 spiro atoms. The highest BCUT2D eigenvalue weighted by molar-refractivity contribution is 9.10. The van der Waals surface area contributed by atoms with Crippen molar-refractivity contribution in [2.75, 3.05) is 5.32 Å². The van der Waals surface area contributed by atoms with Gasteiger partial charge in [0.25, 0.3) is 0 Å². The Morgan fingerprint density at radius 1 is 1.15 bits per heavy atom.